The first-order valence-corrected chi connectivity index (χ1v) is 9.77. The van der Waals surface area contributed by atoms with Crippen LogP contribution in [0.25, 0.3) is 27.8 Å². The van der Waals surface area contributed by atoms with Crippen molar-refractivity contribution >= 4 is 5.57 Å². The maximum absolute atomic E-state index is 2.35. The van der Waals surface area contributed by atoms with Gasteiger partial charge in [-0.1, -0.05) is 72.8 Å². The third-order valence-electron chi connectivity index (χ3n) is 5.61. The second-order valence-corrected chi connectivity index (χ2v) is 7.53. The zero-order valence-corrected chi connectivity index (χ0v) is 16.4. The molecule has 0 radical (unpaired) electrons. The lowest BCUT2D eigenvalue weighted by molar-refractivity contribution is 1.04. The van der Waals surface area contributed by atoms with Crippen molar-refractivity contribution in [3.8, 4) is 22.3 Å². The third kappa shape index (κ3) is 3.53. The molecule has 134 valence electrons. The van der Waals surface area contributed by atoms with E-state index in [0.29, 0.717) is 0 Å². The molecule has 0 nitrogen and oxygen atoms in total. The van der Waals surface area contributed by atoms with E-state index in [-0.39, 0.29) is 0 Å². The summed E-state index contributed by atoms with van der Waals surface area (Å²) in [6.45, 7) is 6.62. The van der Waals surface area contributed by atoms with Gasteiger partial charge in [-0.05, 0) is 89.8 Å². The van der Waals surface area contributed by atoms with Gasteiger partial charge >= 0.3 is 0 Å². The Balaban J connectivity index is 1.73. The van der Waals surface area contributed by atoms with Crippen LogP contribution in [0.1, 0.15) is 36.5 Å². The van der Waals surface area contributed by atoms with Gasteiger partial charge in [-0.3, -0.25) is 0 Å². The van der Waals surface area contributed by atoms with Crippen molar-refractivity contribution in [2.24, 2.45) is 0 Å². The molecule has 0 fully saturated rings. The summed E-state index contributed by atoms with van der Waals surface area (Å²) in [4.78, 5) is 0. The highest BCUT2D eigenvalue weighted by atomic mass is 14.1. The predicted octanol–water partition coefficient (Wildman–Crippen LogP) is 7.76. The molecule has 0 N–H and O–H groups in total. The zero-order chi connectivity index (χ0) is 18.8. The maximum Gasteiger partial charge on any atom is -0.0152 e. The Labute approximate surface area is 162 Å². The van der Waals surface area contributed by atoms with Gasteiger partial charge in [0.1, 0.15) is 0 Å². The molecule has 1 aliphatic rings. The smallest absolute Gasteiger partial charge is 0.0152 e. The fourth-order valence-corrected chi connectivity index (χ4v) is 4.06. The SMILES string of the molecule is CC1=C(c2cccc(-c3ccc(-c4ccccc4C)c(C)c3)c2)CCC=C1. The van der Waals surface area contributed by atoms with Crippen LogP contribution in [0.15, 0.2) is 84.5 Å². The molecular weight excluding hydrogens is 324 g/mol. The topological polar surface area (TPSA) is 0 Å². The van der Waals surface area contributed by atoms with E-state index < -0.39 is 0 Å². The Morgan fingerprint density at radius 2 is 1.37 bits per heavy atom. The van der Waals surface area contributed by atoms with Crippen molar-refractivity contribution < 1.29 is 0 Å². The molecule has 4 rings (SSSR count). The molecule has 3 aromatic carbocycles. The number of allylic oxidation sites excluding steroid dienone is 4. The van der Waals surface area contributed by atoms with Gasteiger partial charge in [0.05, 0.1) is 0 Å². The highest BCUT2D eigenvalue weighted by molar-refractivity contribution is 5.78. The monoisotopic (exact) mass is 350 g/mol. The average molecular weight is 351 g/mol. The lowest BCUT2D eigenvalue weighted by Crippen LogP contribution is -1.93. The summed E-state index contributed by atoms with van der Waals surface area (Å²) in [6, 6.07) is 24.5. The fraction of sp³-hybridized carbons (Fsp3) is 0.185. The van der Waals surface area contributed by atoms with Gasteiger partial charge in [0.2, 0.25) is 0 Å². The van der Waals surface area contributed by atoms with Crippen LogP contribution in [0.3, 0.4) is 0 Å². The number of rotatable bonds is 3. The maximum atomic E-state index is 2.35. The van der Waals surface area contributed by atoms with Gasteiger partial charge in [-0.15, -0.1) is 0 Å². The molecule has 0 bridgehead atoms. The minimum absolute atomic E-state index is 1.14. The lowest BCUT2D eigenvalue weighted by atomic mass is 9.89. The highest BCUT2D eigenvalue weighted by Crippen LogP contribution is 2.33. The Morgan fingerprint density at radius 3 is 2.15 bits per heavy atom. The molecule has 0 aromatic heterocycles. The molecule has 0 saturated carbocycles. The largest absolute Gasteiger partial charge is 0.0839 e. The van der Waals surface area contributed by atoms with Crippen LogP contribution in [0.2, 0.25) is 0 Å². The number of aryl methyl sites for hydroxylation is 2. The van der Waals surface area contributed by atoms with E-state index in [1.807, 2.05) is 0 Å². The molecule has 0 heterocycles. The number of hydrogen-bond donors (Lipinski definition) is 0. The summed E-state index contributed by atoms with van der Waals surface area (Å²) in [5, 5.41) is 0. The van der Waals surface area contributed by atoms with Gasteiger partial charge in [0.25, 0.3) is 0 Å². The van der Waals surface area contributed by atoms with E-state index >= 15 is 0 Å². The van der Waals surface area contributed by atoms with Gasteiger partial charge < -0.3 is 0 Å². The van der Waals surface area contributed by atoms with Crippen LogP contribution in [-0.2, 0) is 0 Å². The van der Waals surface area contributed by atoms with Crippen molar-refractivity contribution in [2.75, 3.05) is 0 Å². The summed E-state index contributed by atoms with van der Waals surface area (Å²) in [7, 11) is 0. The highest BCUT2D eigenvalue weighted by Gasteiger charge is 2.10. The summed E-state index contributed by atoms with van der Waals surface area (Å²) >= 11 is 0. The Hall–Kier alpha value is -2.86. The molecule has 0 amide bonds. The van der Waals surface area contributed by atoms with Crippen LogP contribution in [0.5, 0.6) is 0 Å². The van der Waals surface area contributed by atoms with Crippen molar-refractivity contribution in [2.45, 2.75) is 33.6 Å². The van der Waals surface area contributed by atoms with Crippen LogP contribution < -0.4 is 0 Å². The molecular formula is C27H26. The zero-order valence-electron chi connectivity index (χ0n) is 16.4. The molecule has 0 heteroatoms. The quantitative estimate of drug-likeness (QED) is 0.453. The Morgan fingerprint density at radius 1 is 0.630 bits per heavy atom. The van der Waals surface area contributed by atoms with E-state index in [4.69, 9.17) is 0 Å². The lowest BCUT2D eigenvalue weighted by Gasteiger charge is -2.15. The summed E-state index contributed by atoms with van der Waals surface area (Å²) in [5.41, 5.74) is 12.1. The summed E-state index contributed by atoms with van der Waals surface area (Å²) < 4.78 is 0. The minimum Gasteiger partial charge on any atom is -0.0839 e. The number of benzene rings is 3. The molecule has 3 aromatic rings. The summed E-state index contributed by atoms with van der Waals surface area (Å²) in [5.74, 6) is 0. The van der Waals surface area contributed by atoms with E-state index in [1.54, 1.807) is 0 Å². The van der Waals surface area contributed by atoms with Crippen molar-refractivity contribution in [3.05, 3.63) is 101 Å². The van der Waals surface area contributed by atoms with Crippen LogP contribution in [-0.4, -0.2) is 0 Å². The van der Waals surface area contributed by atoms with Crippen LogP contribution in [0, 0.1) is 13.8 Å². The first-order valence-electron chi connectivity index (χ1n) is 9.77. The van der Waals surface area contributed by atoms with Crippen molar-refractivity contribution in [1.29, 1.82) is 0 Å². The van der Waals surface area contributed by atoms with Gasteiger partial charge in [-0.2, -0.15) is 0 Å². The minimum atomic E-state index is 1.14. The van der Waals surface area contributed by atoms with Crippen molar-refractivity contribution in [1.82, 2.24) is 0 Å². The molecule has 0 aliphatic heterocycles. The van der Waals surface area contributed by atoms with Gasteiger partial charge in [-0.25, -0.2) is 0 Å². The van der Waals surface area contributed by atoms with E-state index in [9.17, 15) is 0 Å². The third-order valence-corrected chi connectivity index (χ3v) is 5.61. The molecule has 0 unspecified atom stereocenters. The van der Waals surface area contributed by atoms with Gasteiger partial charge in [0.15, 0.2) is 0 Å². The number of hydrogen-bond acceptors (Lipinski definition) is 0. The molecule has 1 aliphatic carbocycles. The first kappa shape index (κ1) is 17.5. The van der Waals surface area contributed by atoms with Crippen LogP contribution >= 0.6 is 0 Å². The first-order chi connectivity index (χ1) is 13.1. The average Bonchev–Trinajstić information content (AvgIpc) is 2.69. The molecule has 0 spiro atoms. The summed E-state index contributed by atoms with van der Waals surface area (Å²) in [6.07, 6.45) is 6.81. The van der Waals surface area contributed by atoms with Gasteiger partial charge in [0, 0.05) is 0 Å². The fourth-order valence-electron chi connectivity index (χ4n) is 4.06. The second kappa shape index (κ2) is 7.40. The molecule has 0 atom stereocenters. The van der Waals surface area contributed by atoms with E-state index in [2.05, 4.69) is 99.7 Å². The normalized spacial score (nSPS) is 13.9. The van der Waals surface area contributed by atoms with E-state index in [0.717, 1.165) is 12.8 Å². The van der Waals surface area contributed by atoms with Crippen molar-refractivity contribution in [3.63, 3.8) is 0 Å². The van der Waals surface area contributed by atoms with E-state index in [1.165, 1.54) is 50.1 Å². The Kier molecular flexibility index (Phi) is 4.81. The van der Waals surface area contributed by atoms with Crippen LogP contribution in [0.4, 0.5) is 0 Å². The second-order valence-electron chi connectivity index (χ2n) is 7.53. The molecule has 27 heavy (non-hydrogen) atoms. The Bertz CT molecular complexity index is 1050. The standard InChI is InChI=1S/C27H26/c1-19-9-4-6-13-25(19)24-12-8-11-22(18-24)23-15-16-27(21(3)17-23)26-14-7-5-10-20(26)2/h4-5,7-12,14-18H,6,13H2,1-3H3. The predicted molar refractivity (Wildman–Crippen MR) is 118 cm³/mol. The molecule has 0 saturated heterocycles.